The highest BCUT2D eigenvalue weighted by atomic mass is 15.4. The lowest BCUT2D eigenvalue weighted by molar-refractivity contribution is 0.704. The number of rotatable bonds is 1. The van der Waals surface area contributed by atoms with E-state index in [0.29, 0.717) is 5.82 Å². The van der Waals surface area contributed by atoms with E-state index in [-0.39, 0.29) is 12.0 Å². The highest BCUT2D eigenvalue weighted by Gasteiger charge is 2.09. The molecule has 0 spiro atoms. The van der Waals surface area contributed by atoms with Crippen molar-refractivity contribution in [1.82, 2.24) is 14.9 Å². The molecular weight excluding hydrogens is 132 g/mol. The second kappa shape index (κ2) is 2.14. The molecule has 0 radical (unpaired) electrons. The fraction of sp³-hybridized carbons (Fsp3) is 0.500. The number of aromatic nitrogens is 3. The molecular formula is C4H10N6. The molecule has 0 aliphatic carbocycles. The first-order valence-electron chi connectivity index (χ1n) is 2.84. The number of nitrogen functional groups attached to an aromatic ring is 2. The maximum absolute atomic E-state index is 5.47. The Hall–Kier alpha value is -1.30. The van der Waals surface area contributed by atoms with Gasteiger partial charge in [-0.15, -0.1) is 10.2 Å². The lowest BCUT2D eigenvalue weighted by Crippen LogP contribution is -2.20. The van der Waals surface area contributed by atoms with Gasteiger partial charge in [0.05, 0.1) is 6.04 Å². The molecule has 0 bridgehead atoms. The molecule has 1 aromatic heterocycles. The molecule has 1 aromatic rings. The Kier molecular flexibility index (Phi) is 1.46. The largest absolute Gasteiger partial charge is 0.366 e. The van der Waals surface area contributed by atoms with Crippen LogP contribution in [-0.4, -0.2) is 14.9 Å². The van der Waals surface area contributed by atoms with Gasteiger partial charge in [-0.05, 0) is 6.92 Å². The Labute approximate surface area is 58.0 Å². The van der Waals surface area contributed by atoms with Crippen LogP contribution in [0.5, 0.6) is 0 Å². The highest BCUT2D eigenvalue weighted by molar-refractivity contribution is 5.18. The summed E-state index contributed by atoms with van der Waals surface area (Å²) < 4.78 is 1.17. The van der Waals surface area contributed by atoms with Crippen LogP contribution in [0.3, 0.4) is 0 Å². The maximum Gasteiger partial charge on any atom is 0.240 e. The molecule has 0 aliphatic heterocycles. The van der Waals surface area contributed by atoms with E-state index in [4.69, 9.17) is 17.3 Å². The van der Waals surface area contributed by atoms with E-state index in [9.17, 15) is 0 Å². The third kappa shape index (κ3) is 0.883. The van der Waals surface area contributed by atoms with E-state index < -0.39 is 0 Å². The number of nitrogens with zero attached hydrogens (tertiary/aromatic N) is 3. The first-order chi connectivity index (χ1) is 4.63. The third-order valence-corrected chi connectivity index (χ3v) is 1.16. The van der Waals surface area contributed by atoms with Crippen molar-refractivity contribution in [2.45, 2.75) is 13.0 Å². The van der Waals surface area contributed by atoms with Crippen molar-refractivity contribution < 1.29 is 0 Å². The monoisotopic (exact) mass is 142 g/mol. The van der Waals surface area contributed by atoms with Crippen LogP contribution >= 0.6 is 0 Å². The van der Waals surface area contributed by atoms with E-state index in [1.54, 1.807) is 6.92 Å². The summed E-state index contributed by atoms with van der Waals surface area (Å²) in [5.41, 5.74) is 10.8. The summed E-state index contributed by atoms with van der Waals surface area (Å²) in [7, 11) is 0. The summed E-state index contributed by atoms with van der Waals surface area (Å²) in [4.78, 5) is 0. The normalized spacial score (nSPS) is 13.4. The van der Waals surface area contributed by atoms with Crippen LogP contribution in [0.15, 0.2) is 0 Å². The van der Waals surface area contributed by atoms with Crippen molar-refractivity contribution in [2.24, 2.45) is 5.73 Å². The van der Waals surface area contributed by atoms with E-state index in [1.807, 2.05) is 0 Å². The zero-order valence-electron chi connectivity index (χ0n) is 5.65. The van der Waals surface area contributed by atoms with Crippen molar-refractivity contribution in [3.8, 4) is 0 Å². The van der Waals surface area contributed by atoms with Gasteiger partial charge in [0.15, 0.2) is 5.82 Å². The smallest absolute Gasteiger partial charge is 0.240 e. The fourth-order valence-corrected chi connectivity index (χ4v) is 0.627. The van der Waals surface area contributed by atoms with Crippen molar-refractivity contribution >= 4 is 5.95 Å². The molecule has 0 aliphatic rings. The topological polar surface area (TPSA) is 109 Å². The van der Waals surface area contributed by atoms with Crippen molar-refractivity contribution in [1.29, 1.82) is 0 Å². The van der Waals surface area contributed by atoms with Crippen molar-refractivity contribution in [3.05, 3.63) is 5.82 Å². The Morgan fingerprint density at radius 1 is 1.50 bits per heavy atom. The van der Waals surface area contributed by atoms with Crippen LogP contribution < -0.4 is 17.3 Å². The van der Waals surface area contributed by atoms with Crippen molar-refractivity contribution in [2.75, 3.05) is 11.6 Å². The molecule has 0 saturated heterocycles. The molecule has 0 saturated carbocycles. The van der Waals surface area contributed by atoms with Crippen LogP contribution in [0.25, 0.3) is 0 Å². The average molecular weight is 142 g/mol. The Morgan fingerprint density at radius 2 is 2.10 bits per heavy atom. The molecule has 6 nitrogen and oxygen atoms in total. The summed E-state index contributed by atoms with van der Waals surface area (Å²) in [5.74, 6) is 6.05. The van der Waals surface area contributed by atoms with Gasteiger partial charge in [-0.1, -0.05) is 0 Å². The van der Waals surface area contributed by atoms with E-state index in [2.05, 4.69) is 10.2 Å². The molecule has 6 heteroatoms. The first kappa shape index (κ1) is 6.81. The van der Waals surface area contributed by atoms with Gasteiger partial charge in [-0.25, -0.2) is 4.68 Å². The second-order valence-electron chi connectivity index (χ2n) is 2.08. The number of nitrogens with two attached hydrogens (primary N) is 3. The number of hydrogen-bond donors (Lipinski definition) is 3. The van der Waals surface area contributed by atoms with Crippen LogP contribution in [0.2, 0.25) is 0 Å². The summed E-state index contributed by atoms with van der Waals surface area (Å²) in [5, 5.41) is 7.18. The van der Waals surface area contributed by atoms with Gasteiger partial charge in [-0.3, -0.25) is 0 Å². The summed E-state index contributed by atoms with van der Waals surface area (Å²) >= 11 is 0. The predicted molar refractivity (Wildman–Crippen MR) is 37.2 cm³/mol. The molecule has 0 amide bonds. The van der Waals surface area contributed by atoms with Crippen LogP contribution in [0.1, 0.15) is 18.8 Å². The average Bonchev–Trinajstić information content (AvgIpc) is 2.14. The van der Waals surface area contributed by atoms with Crippen LogP contribution in [0.4, 0.5) is 5.95 Å². The molecule has 1 heterocycles. The van der Waals surface area contributed by atoms with E-state index >= 15 is 0 Å². The number of hydrogen-bond acceptors (Lipinski definition) is 5. The summed E-state index contributed by atoms with van der Waals surface area (Å²) in [6.07, 6.45) is 0. The van der Waals surface area contributed by atoms with Crippen LogP contribution in [-0.2, 0) is 0 Å². The van der Waals surface area contributed by atoms with Crippen LogP contribution in [0, 0.1) is 0 Å². The summed E-state index contributed by atoms with van der Waals surface area (Å²) in [6, 6.07) is -0.241. The number of anilines is 1. The Balaban J connectivity index is 3.05. The molecule has 0 fully saturated rings. The predicted octanol–water partition coefficient (Wildman–Crippen LogP) is -1.41. The van der Waals surface area contributed by atoms with E-state index in [1.165, 1.54) is 4.68 Å². The van der Waals surface area contributed by atoms with Gasteiger partial charge in [-0.2, -0.15) is 0 Å². The third-order valence-electron chi connectivity index (χ3n) is 1.16. The fourth-order valence-electron chi connectivity index (χ4n) is 0.627. The van der Waals surface area contributed by atoms with Gasteiger partial charge in [0, 0.05) is 0 Å². The minimum Gasteiger partial charge on any atom is -0.366 e. The molecule has 0 unspecified atom stereocenters. The Morgan fingerprint density at radius 3 is 2.30 bits per heavy atom. The van der Waals surface area contributed by atoms with Crippen molar-refractivity contribution in [3.63, 3.8) is 0 Å². The molecule has 10 heavy (non-hydrogen) atoms. The van der Waals surface area contributed by atoms with Gasteiger partial charge >= 0.3 is 0 Å². The minimum absolute atomic E-state index is 0.173. The van der Waals surface area contributed by atoms with Gasteiger partial charge in [0.25, 0.3) is 0 Å². The lowest BCUT2D eigenvalue weighted by atomic mass is 10.3. The quantitative estimate of drug-likeness (QED) is 0.417. The summed E-state index contributed by atoms with van der Waals surface area (Å²) in [6.45, 7) is 1.76. The standard InChI is InChI=1S/C4H10N6/c1-2(5)3-8-9-4(6)10(3)7/h2H,5,7H2,1H3,(H2,6,9)/t2-/m1/s1. The Bertz CT molecular complexity index is 226. The zero-order valence-corrected chi connectivity index (χ0v) is 5.65. The van der Waals surface area contributed by atoms with Gasteiger partial charge < -0.3 is 17.3 Å². The lowest BCUT2D eigenvalue weighted by Gasteiger charge is -2.02. The molecule has 1 rings (SSSR count). The zero-order chi connectivity index (χ0) is 7.72. The first-order valence-corrected chi connectivity index (χ1v) is 2.84. The van der Waals surface area contributed by atoms with E-state index in [0.717, 1.165) is 0 Å². The molecule has 0 aromatic carbocycles. The minimum atomic E-state index is -0.241. The maximum atomic E-state index is 5.47. The SMILES string of the molecule is C[C@@H](N)c1nnc(N)n1N. The molecule has 6 N–H and O–H groups in total. The second-order valence-corrected chi connectivity index (χ2v) is 2.08. The van der Waals surface area contributed by atoms with Gasteiger partial charge in [0.2, 0.25) is 5.95 Å². The molecule has 56 valence electrons. The molecule has 1 atom stereocenters. The highest BCUT2D eigenvalue weighted by Crippen LogP contribution is 2.04. The van der Waals surface area contributed by atoms with Gasteiger partial charge in [0.1, 0.15) is 0 Å².